The fourth-order valence-corrected chi connectivity index (χ4v) is 4.27. The number of hydrogen-bond donors (Lipinski definition) is 5. The molecule has 2 aromatic rings. The van der Waals surface area contributed by atoms with Gasteiger partial charge in [-0.3, -0.25) is 34.6 Å². The molecule has 1 aromatic heterocycles. The molecule has 11 heteroatoms. The number of nitrogens with zero attached hydrogens (tertiary/aromatic N) is 1. The molecule has 1 aliphatic heterocycles. The third-order valence-electron chi connectivity index (χ3n) is 6.21. The molecule has 1 aromatic carbocycles. The van der Waals surface area contributed by atoms with Crippen LogP contribution < -0.4 is 21.3 Å². The third kappa shape index (κ3) is 7.45. The number of pyridine rings is 1. The lowest BCUT2D eigenvalue weighted by molar-refractivity contribution is -0.140. The molecule has 2 heterocycles. The van der Waals surface area contributed by atoms with Gasteiger partial charge in [-0.25, -0.2) is 4.98 Å². The molecule has 0 aliphatic carbocycles. The molecular formula is C27H33N5O6. The van der Waals surface area contributed by atoms with E-state index in [1.54, 1.807) is 6.07 Å². The van der Waals surface area contributed by atoms with Crippen molar-refractivity contribution < 1.29 is 29.1 Å². The molecule has 3 rings (SSSR count). The number of aromatic nitrogens is 1. The van der Waals surface area contributed by atoms with Crippen LogP contribution in [0, 0.1) is 5.92 Å². The number of carboxylic acids is 1. The molecule has 0 saturated carbocycles. The minimum Gasteiger partial charge on any atom is -0.480 e. The van der Waals surface area contributed by atoms with Crippen LogP contribution in [-0.4, -0.2) is 64.9 Å². The SMILES string of the molecule is CNC(=O)[C@H](Cc1ccccc1)NC(=O)[C@H](CC(C)C)N[C@H](CCc1ccc2c(n1)C(=O)NC2=O)C(=O)O. The quantitative estimate of drug-likeness (QED) is 0.241. The smallest absolute Gasteiger partial charge is 0.320 e. The van der Waals surface area contributed by atoms with Gasteiger partial charge in [0.25, 0.3) is 11.8 Å². The van der Waals surface area contributed by atoms with Gasteiger partial charge in [0.1, 0.15) is 17.8 Å². The summed E-state index contributed by atoms with van der Waals surface area (Å²) in [5, 5.41) is 20.3. The van der Waals surface area contributed by atoms with E-state index in [9.17, 15) is 29.1 Å². The van der Waals surface area contributed by atoms with Gasteiger partial charge in [0, 0.05) is 19.2 Å². The second kappa shape index (κ2) is 12.9. The second-order valence-electron chi connectivity index (χ2n) is 9.63. The number of carboxylic acid groups (broad SMARTS) is 1. The van der Waals surface area contributed by atoms with E-state index in [0.717, 1.165) is 5.56 Å². The van der Waals surface area contributed by atoms with Gasteiger partial charge in [0.15, 0.2) is 0 Å². The number of hydrogen-bond acceptors (Lipinski definition) is 7. The molecule has 0 radical (unpaired) electrons. The van der Waals surface area contributed by atoms with E-state index in [0.29, 0.717) is 12.1 Å². The zero-order chi connectivity index (χ0) is 27.8. The second-order valence-corrected chi connectivity index (χ2v) is 9.63. The zero-order valence-corrected chi connectivity index (χ0v) is 21.6. The van der Waals surface area contributed by atoms with Crippen LogP contribution in [-0.2, 0) is 27.2 Å². The van der Waals surface area contributed by atoms with E-state index < -0.39 is 41.8 Å². The van der Waals surface area contributed by atoms with Gasteiger partial charge in [-0.15, -0.1) is 0 Å². The monoisotopic (exact) mass is 523 g/mol. The van der Waals surface area contributed by atoms with Crippen molar-refractivity contribution in [1.29, 1.82) is 0 Å². The number of fused-ring (bicyclic) bond motifs is 1. The molecule has 0 bridgehead atoms. The Hall–Kier alpha value is -4.12. The van der Waals surface area contributed by atoms with Crippen LogP contribution in [0.5, 0.6) is 0 Å². The molecule has 5 N–H and O–H groups in total. The van der Waals surface area contributed by atoms with E-state index in [2.05, 4.69) is 26.3 Å². The maximum absolute atomic E-state index is 13.3. The highest BCUT2D eigenvalue weighted by Gasteiger charge is 2.31. The van der Waals surface area contributed by atoms with Crippen LogP contribution in [0.2, 0.25) is 0 Å². The van der Waals surface area contributed by atoms with Crippen LogP contribution in [0.1, 0.15) is 58.8 Å². The van der Waals surface area contributed by atoms with Gasteiger partial charge in [0.2, 0.25) is 11.8 Å². The third-order valence-corrected chi connectivity index (χ3v) is 6.21. The molecule has 0 saturated heterocycles. The molecule has 0 spiro atoms. The van der Waals surface area contributed by atoms with Crippen LogP contribution in [0.4, 0.5) is 0 Å². The molecule has 0 unspecified atom stereocenters. The fourth-order valence-electron chi connectivity index (χ4n) is 4.27. The van der Waals surface area contributed by atoms with Crippen LogP contribution >= 0.6 is 0 Å². The number of rotatable bonds is 13. The number of carbonyl (C=O) groups is 5. The molecule has 1 aliphatic rings. The first kappa shape index (κ1) is 28.5. The number of likely N-dealkylation sites (N-methyl/N-ethyl adjacent to an activating group) is 1. The number of carbonyl (C=O) groups excluding carboxylic acids is 4. The number of aliphatic carboxylic acids is 1. The average Bonchev–Trinajstić information content (AvgIpc) is 3.17. The van der Waals surface area contributed by atoms with E-state index >= 15 is 0 Å². The Morgan fingerprint density at radius 1 is 0.947 bits per heavy atom. The van der Waals surface area contributed by atoms with Crippen molar-refractivity contribution in [3.63, 3.8) is 0 Å². The Balaban J connectivity index is 1.71. The maximum atomic E-state index is 13.3. The summed E-state index contributed by atoms with van der Waals surface area (Å²) in [4.78, 5) is 65.7. The summed E-state index contributed by atoms with van der Waals surface area (Å²) in [6.07, 6.45) is 0.912. The molecule has 4 amide bonds. The van der Waals surface area contributed by atoms with E-state index in [1.807, 2.05) is 44.2 Å². The molecular weight excluding hydrogens is 490 g/mol. The summed E-state index contributed by atoms with van der Waals surface area (Å²) < 4.78 is 0. The maximum Gasteiger partial charge on any atom is 0.320 e. The lowest BCUT2D eigenvalue weighted by Gasteiger charge is -2.26. The predicted octanol–water partition coefficient (Wildman–Crippen LogP) is 0.829. The molecule has 3 atom stereocenters. The van der Waals surface area contributed by atoms with Gasteiger partial charge in [-0.1, -0.05) is 44.2 Å². The molecule has 0 fully saturated rings. The summed E-state index contributed by atoms with van der Waals surface area (Å²) in [6, 6.07) is 9.54. The highest BCUT2D eigenvalue weighted by atomic mass is 16.4. The Morgan fingerprint density at radius 2 is 1.66 bits per heavy atom. The van der Waals surface area contributed by atoms with Crippen LogP contribution in [0.3, 0.4) is 0 Å². The summed E-state index contributed by atoms with van der Waals surface area (Å²) in [5.74, 6) is -3.01. The summed E-state index contributed by atoms with van der Waals surface area (Å²) in [5.41, 5.74) is 1.52. The standard InChI is InChI=1S/C27H33N5O6/c1-15(2)13-20(25(35)31-21(24(34)28-3)14-16-7-5-4-6-8-16)30-19(27(37)38)12-10-17-9-11-18-22(29-17)26(36)32-23(18)33/h4-9,11,15,19-21,30H,10,12-14H2,1-3H3,(H,28,34)(H,31,35)(H,37,38)(H,32,33,36)/t19-,20+,21+/m1/s1. The van der Waals surface area contributed by atoms with Crippen molar-refractivity contribution in [2.24, 2.45) is 5.92 Å². The number of nitrogens with one attached hydrogen (secondary N) is 4. The van der Waals surface area contributed by atoms with E-state index in [-0.39, 0.29) is 42.3 Å². The molecule has 38 heavy (non-hydrogen) atoms. The minimum absolute atomic E-state index is 0.0167. The number of amides is 4. The van der Waals surface area contributed by atoms with Gasteiger partial charge >= 0.3 is 5.97 Å². The van der Waals surface area contributed by atoms with Crippen molar-refractivity contribution in [2.45, 2.75) is 57.7 Å². The lowest BCUT2D eigenvalue weighted by atomic mass is 9.99. The van der Waals surface area contributed by atoms with Crippen LogP contribution in [0.15, 0.2) is 42.5 Å². The molecule has 202 valence electrons. The number of benzene rings is 1. The van der Waals surface area contributed by atoms with Crippen molar-refractivity contribution in [1.82, 2.24) is 26.3 Å². The highest BCUT2D eigenvalue weighted by Crippen LogP contribution is 2.16. The Bertz CT molecular complexity index is 1200. The normalized spacial score (nSPS) is 14.8. The minimum atomic E-state index is -1.15. The van der Waals surface area contributed by atoms with Crippen molar-refractivity contribution in [2.75, 3.05) is 7.05 Å². The number of aryl methyl sites for hydroxylation is 1. The topological polar surface area (TPSA) is 167 Å². The average molecular weight is 524 g/mol. The van der Waals surface area contributed by atoms with E-state index in [1.165, 1.54) is 13.1 Å². The van der Waals surface area contributed by atoms with Crippen molar-refractivity contribution in [3.8, 4) is 0 Å². The Morgan fingerprint density at radius 3 is 2.29 bits per heavy atom. The first-order valence-electron chi connectivity index (χ1n) is 12.5. The van der Waals surface area contributed by atoms with Gasteiger partial charge in [-0.05, 0) is 42.9 Å². The van der Waals surface area contributed by atoms with E-state index in [4.69, 9.17) is 0 Å². The van der Waals surface area contributed by atoms with Crippen molar-refractivity contribution in [3.05, 3.63) is 65.0 Å². The zero-order valence-electron chi connectivity index (χ0n) is 21.6. The van der Waals surface area contributed by atoms with Crippen LogP contribution in [0.25, 0.3) is 0 Å². The van der Waals surface area contributed by atoms with Gasteiger partial charge < -0.3 is 15.7 Å². The predicted molar refractivity (Wildman–Crippen MR) is 138 cm³/mol. The Labute approximate surface area is 220 Å². The Kier molecular flexibility index (Phi) is 9.66. The van der Waals surface area contributed by atoms with Gasteiger partial charge in [0.05, 0.1) is 11.6 Å². The summed E-state index contributed by atoms with van der Waals surface area (Å²) in [6.45, 7) is 3.83. The first-order valence-corrected chi connectivity index (χ1v) is 12.5. The summed E-state index contributed by atoms with van der Waals surface area (Å²) >= 11 is 0. The molecule has 11 nitrogen and oxygen atoms in total. The first-order chi connectivity index (χ1) is 18.1. The largest absolute Gasteiger partial charge is 0.480 e. The van der Waals surface area contributed by atoms with Gasteiger partial charge in [-0.2, -0.15) is 0 Å². The lowest BCUT2D eigenvalue weighted by Crippen LogP contribution is -2.56. The van der Waals surface area contributed by atoms with Crippen molar-refractivity contribution >= 4 is 29.6 Å². The highest BCUT2D eigenvalue weighted by molar-refractivity contribution is 6.20. The fraction of sp³-hybridized carbons (Fsp3) is 0.407. The number of imide groups is 1. The summed E-state index contributed by atoms with van der Waals surface area (Å²) in [7, 11) is 1.49.